The SMILES string of the molecule is CCNC(=NCCCCOc1ccc(F)cc1)N(C)Cc1cccn1C.I. The van der Waals surface area contributed by atoms with Crippen LogP contribution in [-0.4, -0.2) is 42.2 Å². The Kier molecular flexibility index (Phi) is 10.8. The maximum Gasteiger partial charge on any atom is 0.194 e. The summed E-state index contributed by atoms with van der Waals surface area (Å²) in [7, 11) is 4.10. The van der Waals surface area contributed by atoms with E-state index < -0.39 is 0 Å². The summed E-state index contributed by atoms with van der Waals surface area (Å²) in [5.74, 6) is 1.36. The summed E-state index contributed by atoms with van der Waals surface area (Å²) in [6.07, 6.45) is 3.89. The van der Waals surface area contributed by atoms with Crippen LogP contribution in [0.3, 0.4) is 0 Å². The molecule has 5 nitrogen and oxygen atoms in total. The van der Waals surface area contributed by atoms with Crippen LogP contribution in [0, 0.1) is 5.82 Å². The Balaban J connectivity index is 0.00000364. The van der Waals surface area contributed by atoms with Crippen LogP contribution in [0.15, 0.2) is 47.6 Å². The van der Waals surface area contributed by atoms with Crippen molar-refractivity contribution in [2.75, 3.05) is 26.7 Å². The molecular weight excluding hydrogens is 458 g/mol. The van der Waals surface area contributed by atoms with Crippen LogP contribution in [0.4, 0.5) is 4.39 Å². The van der Waals surface area contributed by atoms with E-state index in [1.165, 1.54) is 17.8 Å². The molecule has 0 atom stereocenters. The smallest absolute Gasteiger partial charge is 0.194 e. The molecule has 7 heteroatoms. The predicted octanol–water partition coefficient (Wildman–Crippen LogP) is 4.04. The highest BCUT2D eigenvalue weighted by Gasteiger charge is 2.07. The Labute approximate surface area is 178 Å². The summed E-state index contributed by atoms with van der Waals surface area (Å²) in [4.78, 5) is 6.83. The van der Waals surface area contributed by atoms with Crippen molar-refractivity contribution in [3.8, 4) is 5.75 Å². The molecule has 2 rings (SSSR count). The average molecular weight is 488 g/mol. The lowest BCUT2D eigenvalue weighted by Gasteiger charge is -2.22. The van der Waals surface area contributed by atoms with Gasteiger partial charge >= 0.3 is 0 Å². The zero-order valence-electron chi connectivity index (χ0n) is 16.3. The standard InChI is InChI=1S/C20H29FN4O.HI/c1-4-22-20(25(3)16-18-8-7-14-24(18)2)23-13-5-6-15-26-19-11-9-17(21)10-12-19;/h7-12,14H,4-6,13,15-16H2,1-3H3,(H,22,23);1H. The van der Waals surface area contributed by atoms with E-state index in [9.17, 15) is 4.39 Å². The minimum absolute atomic E-state index is 0. The Hall–Kier alpha value is -1.77. The molecule has 2 aromatic rings. The number of aliphatic imine (C=N–C) groups is 1. The molecule has 0 spiro atoms. The number of hydrogen-bond donors (Lipinski definition) is 1. The number of halogens is 2. The van der Waals surface area contributed by atoms with E-state index in [0.717, 1.165) is 38.4 Å². The maximum atomic E-state index is 12.8. The monoisotopic (exact) mass is 488 g/mol. The van der Waals surface area contributed by atoms with Crippen LogP contribution in [0.25, 0.3) is 0 Å². The topological polar surface area (TPSA) is 41.8 Å². The largest absolute Gasteiger partial charge is 0.494 e. The molecule has 150 valence electrons. The van der Waals surface area contributed by atoms with Crippen molar-refractivity contribution in [1.29, 1.82) is 0 Å². The van der Waals surface area contributed by atoms with Gasteiger partial charge in [-0.05, 0) is 56.2 Å². The van der Waals surface area contributed by atoms with Crippen molar-refractivity contribution in [1.82, 2.24) is 14.8 Å². The first-order valence-corrected chi connectivity index (χ1v) is 9.08. The molecular formula is C20H30FIN4O. The summed E-state index contributed by atoms with van der Waals surface area (Å²) in [5, 5.41) is 3.34. The first kappa shape index (κ1) is 23.3. The van der Waals surface area contributed by atoms with Crippen molar-refractivity contribution < 1.29 is 9.13 Å². The van der Waals surface area contributed by atoms with Crippen molar-refractivity contribution in [3.63, 3.8) is 0 Å². The Morgan fingerprint density at radius 2 is 1.96 bits per heavy atom. The molecule has 0 amide bonds. The number of rotatable bonds is 9. The minimum Gasteiger partial charge on any atom is -0.494 e. The lowest BCUT2D eigenvalue weighted by Crippen LogP contribution is -2.38. The van der Waals surface area contributed by atoms with Gasteiger partial charge in [0, 0.05) is 39.1 Å². The molecule has 0 aliphatic rings. The highest BCUT2D eigenvalue weighted by Crippen LogP contribution is 2.11. The fourth-order valence-corrected chi connectivity index (χ4v) is 2.57. The van der Waals surface area contributed by atoms with Crippen LogP contribution < -0.4 is 10.1 Å². The van der Waals surface area contributed by atoms with Gasteiger partial charge in [-0.2, -0.15) is 0 Å². The molecule has 0 aliphatic heterocycles. The van der Waals surface area contributed by atoms with Gasteiger partial charge in [-0.25, -0.2) is 4.39 Å². The van der Waals surface area contributed by atoms with E-state index >= 15 is 0 Å². The molecule has 1 aromatic carbocycles. The molecule has 0 unspecified atom stereocenters. The zero-order valence-corrected chi connectivity index (χ0v) is 18.7. The number of hydrogen-bond acceptors (Lipinski definition) is 2. The van der Waals surface area contributed by atoms with Crippen molar-refractivity contribution in [2.24, 2.45) is 12.0 Å². The van der Waals surface area contributed by atoms with Gasteiger partial charge in [0.15, 0.2) is 5.96 Å². The second-order valence-electron chi connectivity index (χ2n) is 6.21. The van der Waals surface area contributed by atoms with Gasteiger partial charge < -0.3 is 19.5 Å². The molecule has 0 aliphatic carbocycles. The summed E-state index contributed by atoms with van der Waals surface area (Å²) in [5.41, 5.74) is 1.24. The number of nitrogens with one attached hydrogen (secondary N) is 1. The Morgan fingerprint density at radius 1 is 1.22 bits per heavy atom. The van der Waals surface area contributed by atoms with E-state index in [4.69, 9.17) is 9.73 Å². The van der Waals surface area contributed by atoms with E-state index in [1.54, 1.807) is 12.1 Å². The first-order chi connectivity index (χ1) is 12.6. The Bertz CT molecular complexity index is 688. The molecule has 27 heavy (non-hydrogen) atoms. The first-order valence-electron chi connectivity index (χ1n) is 9.08. The molecule has 0 saturated heterocycles. The number of unbranched alkanes of at least 4 members (excludes halogenated alkanes) is 1. The number of nitrogens with zero attached hydrogens (tertiary/aromatic N) is 3. The van der Waals surface area contributed by atoms with Gasteiger partial charge in [0.25, 0.3) is 0 Å². The maximum absolute atomic E-state index is 12.8. The number of benzene rings is 1. The van der Waals surface area contributed by atoms with Crippen LogP contribution in [0.1, 0.15) is 25.5 Å². The number of ether oxygens (including phenoxy) is 1. The normalized spacial score (nSPS) is 11.0. The lowest BCUT2D eigenvalue weighted by atomic mass is 10.3. The van der Waals surface area contributed by atoms with Crippen molar-refractivity contribution in [2.45, 2.75) is 26.3 Å². The van der Waals surface area contributed by atoms with Crippen LogP contribution in [0.5, 0.6) is 5.75 Å². The van der Waals surface area contributed by atoms with Crippen molar-refractivity contribution in [3.05, 3.63) is 54.1 Å². The highest BCUT2D eigenvalue weighted by atomic mass is 127. The molecule has 0 saturated carbocycles. The third-order valence-corrected chi connectivity index (χ3v) is 4.04. The number of aryl methyl sites for hydroxylation is 1. The van der Waals surface area contributed by atoms with E-state index in [0.29, 0.717) is 12.4 Å². The van der Waals surface area contributed by atoms with E-state index in [1.807, 2.05) is 26.4 Å². The highest BCUT2D eigenvalue weighted by molar-refractivity contribution is 14.0. The Morgan fingerprint density at radius 3 is 2.59 bits per heavy atom. The number of guanidine groups is 1. The van der Waals surface area contributed by atoms with Gasteiger partial charge in [-0.3, -0.25) is 4.99 Å². The fraction of sp³-hybridized carbons (Fsp3) is 0.450. The zero-order chi connectivity index (χ0) is 18.8. The van der Waals surface area contributed by atoms with Crippen molar-refractivity contribution >= 4 is 29.9 Å². The van der Waals surface area contributed by atoms with Gasteiger partial charge in [0.1, 0.15) is 11.6 Å². The quantitative estimate of drug-likeness (QED) is 0.251. The fourth-order valence-electron chi connectivity index (χ4n) is 2.57. The summed E-state index contributed by atoms with van der Waals surface area (Å²) in [6, 6.07) is 10.3. The van der Waals surface area contributed by atoms with Crippen LogP contribution in [-0.2, 0) is 13.6 Å². The lowest BCUT2D eigenvalue weighted by molar-refractivity contribution is 0.307. The molecule has 0 radical (unpaired) electrons. The van der Waals surface area contributed by atoms with Gasteiger partial charge in [0.05, 0.1) is 13.2 Å². The molecule has 1 N–H and O–H groups in total. The van der Waals surface area contributed by atoms with Crippen LogP contribution in [0.2, 0.25) is 0 Å². The summed E-state index contributed by atoms with van der Waals surface area (Å²) < 4.78 is 20.6. The molecule has 1 aromatic heterocycles. The minimum atomic E-state index is -0.248. The van der Waals surface area contributed by atoms with E-state index in [-0.39, 0.29) is 29.8 Å². The molecule has 0 fully saturated rings. The average Bonchev–Trinajstić information content (AvgIpc) is 3.03. The van der Waals surface area contributed by atoms with Gasteiger partial charge in [0.2, 0.25) is 0 Å². The second-order valence-corrected chi connectivity index (χ2v) is 6.21. The van der Waals surface area contributed by atoms with Gasteiger partial charge in [-0.1, -0.05) is 0 Å². The third kappa shape index (κ3) is 8.19. The molecule has 0 bridgehead atoms. The predicted molar refractivity (Wildman–Crippen MR) is 119 cm³/mol. The third-order valence-electron chi connectivity index (χ3n) is 4.04. The molecule has 1 heterocycles. The van der Waals surface area contributed by atoms with E-state index in [2.05, 4.69) is 27.8 Å². The second kappa shape index (κ2) is 12.6. The van der Waals surface area contributed by atoms with Gasteiger partial charge in [-0.15, -0.1) is 24.0 Å². The summed E-state index contributed by atoms with van der Waals surface area (Å²) >= 11 is 0. The van der Waals surface area contributed by atoms with Crippen LogP contribution >= 0.6 is 24.0 Å². The number of aromatic nitrogens is 1. The summed E-state index contributed by atoms with van der Waals surface area (Å²) in [6.45, 7) is 5.07.